The number of hydrogen-bond acceptors (Lipinski definition) is 3. The number of benzene rings is 1. The van der Waals surface area contributed by atoms with Crippen molar-refractivity contribution in [3.8, 4) is 0 Å². The third-order valence-electron chi connectivity index (χ3n) is 2.56. The number of aliphatic imine (C=N–C) groups is 1. The Balaban J connectivity index is 2.11. The number of amidine groups is 1. The van der Waals surface area contributed by atoms with Gasteiger partial charge in [-0.05, 0) is 44.0 Å². The van der Waals surface area contributed by atoms with E-state index in [1.807, 2.05) is 0 Å². The number of anilines is 1. The van der Waals surface area contributed by atoms with Gasteiger partial charge in [0.25, 0.3) is 0 Å². The van der Waals surface area contributed by atoms with Crippen molar-refractivity contribution < 1.29 is 0 Å². The van der Waals surface area contributed by atoms with Gasteiger partial charge in [-0.25, -0.2) is 0 Å². The van der Waals surface area contributed by atoms with Crippen LogP contribution < -0.4 is 5.32 Å². The average molecular weight is 220 g/mol. The van der Waals surface area contributed by atoms with Crippen molar-refractivity contribution in [3.63, 3.8) is 0 Å². The molecule has 1 aromatic rings. The van der Waals surface area contributed by atoms with Gasteiger partial charge in [0.1, 0.15) is 0 Å². The Hall–Kier alpha value is -0.960. The number of rotatable bonds is 1. The number of nitrogens with zero attached hydrogens (tertiary/aromatic N) is 1. The van der Waals surface area contributed by atoms with Crippen molar-refractivity contribution in [2.45, 2.75) is 26.8 Å². The summed E-state index contributed by atoms with van der Waals surface area (Å²) in [5, 5.41) is 4.40. The van der Waals surface area contributed by atoms with Crippen molar-refractivity contribution in [2.75, 3.05) is 11.1 Å². The first-order valence-electron chi connectivity index (χ1n) is 5.20. The van der Waals surface area contributed by atoms with E-state index in [9.17, 15) is 0 Å². The molecule has 1 N–H and O–H groups in total. The molecular weight excluding hydrogens is 204 g/mol. The van der Waals surface area contributed by atoms with Gasteiger partial charge < -0.3 is 5.32 Å². The molecule has 0 fully saturated rings. The maximum absolute atomic E-state index is 4.50. The Morgan fingerprint density at radius 1 is 1.33 bits per heavy atom. The molecule has 0 saturated heterocycles. The fourth-order valence-electron chi connectivity index (χ4n) is 1.49. The van der Waals surface area contributed by atoms with Crippen LogP contribution in [0.3, 0.4) is 0 Å². The quantitative estimate of drug-likeness (QED) is 0.786. The lowest BCUT2D eigenvalue weighted by Crippen LogP contribution is -2.05. The van der Waals surface area contributed by atoms with Crippen LogP contribution in [0.5, 0.6) is 0 Å². The summed E-state index contributed by atoms with van der Waals surface area (Å²) in [6, 6.07) is 6.86. The summed E-state index contributed by atoms with van der Waals surface area (Å²) in [5.41, 5.74) is 3.78. The second kappa shape index (κ2) is 4.27. The van der Waals surface area contributed by atoms with Crippen LogP contribution in [0.1, 0.15) is 18.1 Å². The van der Waals surface area contributed by atoms with Crippen LogP contribution in [0.2, 0.25) is 0 Å². The zero-order valence-electron chi connectivity index (χ0n) is 9.37. The van der Waals surface area contributed by atoms with Gasteiger partial charge in [-0.2, -0.15) is 0 Å². The molecule has 1 aromatic carbocycles. The van der Waals surface area contributed by atoms with Crippen LogP contribution >= 0.6 is 11.8 Å². The Morgan fingerprint density at radius 3 is 2.73 bits per heavy atom. The zero-order valence-corrected chi connectivity index (χ0v) is 10.2. The number of nitrogens with one attached hydrogen (secondary N) is 1. The predicted octanol–water partition coefficient (Wildman–Crippen LogP) is 3.21. The van der Waals surface area contributed by atoms with E-state index in [4.69, 9.17) is 0 Å². The molecule has 1 unspecified atom stereocenters. The number of aryl methyl sites for hydroxylation is 2. The topological polar surface area (TPSA) is 24.4 Å². The first-order chi connectivity index (χ1) is 7.15. The van der Waals surface area contributed by atoms with Crippen LogP contribution in [0.15, 0.2) is 23.2 Å². The molecule has 80 valence electrons. The van der Waals surface area contributed by atoms with Gasteiger partial charge in [-0.1, -0.05) is 17.8 Å². The minimum absolute atomic E-state index is 0.448. The lowest BCUT2D eigenvalue weighted by molar-refractivity contribution is 0.865. The molecule has 15 heavy (non-hydrogen) atoms. The monoisotopic (exact) mass is 220 g/mol. The van der Waals surface area contributed by atoms with Crippen LogP contribution in [0.4, 0.5) is 5.69 Å². The predicted molar refractivity (Wildman–Crippen MR) is 68.9 cm³/mol. The largest absolute Gasteiger partial charge is 0.335 e. The smallest absolute Gasteiger partial charge is 0.161 e. The van der Waals surface area contributed by atoms with Crippen molar-refractivity contribution in [2.24, 2.45) is 4.99 Å². The first-order valence-corrected chi connectivity index (χ1v) is 6.18. The van der Waals surface area contributed by atoms with Gasteiger partial charge in [-0.15, -0.1) is 0 Å². The zero-order chi connectivity index (χ0) is 10.8. The maximum atomic E-state index is 4.50. The molecule has 1 atom stereocenters. The Kier molecular flexibility index (Phi) is 3.00. The fraction of sp³-hybridized carbons (Fsp3) is 0.417. The Bertz CT molecular complexity index is 399. The summed E-state index contributed by atoms with van der Waals surface area (Å²) in [7, 11) is 0. The van der Waals surface area contributed by atoms with E-state index in [2.05, 4.69) is 49.3 Å². The molecule has 0 spiro atoms. The molecule has 2 rings (SSSR count). The van der Waals surface area contributed by atoms with Crippen LogP contribution in [0, 0.1) is 13.8 Å². The highest BCUT2D eigenvalue weighted by atomic mass is 32.2. The van der Waals surface area contributed by atoms with Gasteiger partial charge in [0.05, 0.1) is 6.04 Å². The molecule has 0 radical (unpaired) electrons. The molecule has 1 aliphatic rings. The highest BCUT2D eigenvalue weighted by molar-refractivity contribution is 8.14. The van der Waals surface area contributed by atoms with E-state index in [0.717, 1.165) is 16.6 Å². The van der Waals surface area contributed by atoms with E-state index in [1.165, 1.54) is 11.1 Å². The van der Waals surface area contributed by atoms with Gasteiger partial charge in [-0.3, -0.25) is 4.99 Å². The molecule has 0 aliphatic carbocycles. The standard InChI is InChI=1S/C12H16N2S/c1-8-4-5-11(6-9(8)2)14-12-13-10(3)7-15-12/h4-6,10H,7H2,1-3H3,(H,13,14). The average Bonchev–Trinajstić information content (AvgIpc) is 2.58. The molecule has 0 bridgehead atoms. The summed E-state index contributed by atoms with van der Waals surface area (Å²) in [5.74, 6) is 1.09. The van der Waals surface area contributed by atoms with E-state index >= 15 is 0 Å². The molecule has 1 heterocycles. The van der Waals surface area contributed by atoms with E-state index in [0.29, 0.717) is 6.04 Å². The van der Waals surface area contributed by atoms with E-state index in [-0.39, 0.29) is 0 Å². The van der Waals surface area contributed by atoms with E-state index < -0.39 is 0 Å². The van der Waals surface area contributed by atoms with Crippen molar-refractivity contribution >= 4 is 22.6 Å². The second-order valence-electron chi connectivity index (χ2n) is 4.02. The summed E-state index contributed by atoms with van der Waals surface area (Å²) in [4.78, 5) is 4.50. The molecule has 0 saturated carbocycles. The third kappa shape index (κ3) is 2.53. The first kappa shape index (κ1) is 10.6. The van der Waals surface area contributed by atoms with Crippen LogP contribution in [0.25, 0.3) is 0 Å². The minimum Gasteiger partial charge on any atom is -0.335 e. The SMILES string of the molecule is Cc1ccc(NC2=NC(C)CS2)cc1C. The second-order valence-corrected chi connectivity index (χ2v) is 5.03. The third-order valence-corrected chi connectivity index (χ3v) is 3.69. The molecule has 0 aromatic heterocycles. The molecule has 2 nitrogen and oxygen atoms in total. The lowest BCUT2D eigenvalue weighted by Gasteiger charge is -2.07. The highest BCUT2D eigenvalue weighted by Crippen LogP contribution is 2.21. The van der Waals surface area contributed by atoms with E-state index in [1.54, 1.807) is 11.8 Å². The number of hydrogen-bond donors (Lipinski definition) is 1. The van der Waals surface area contributed by atoms with Gasteiger partial charge in [0, 0.05) is 11.4 Å². The van der Waals surface area contributed by atoms with Crippen LogP contribution in [-0.2, 0) is 0 Å². The molecular formula is C12H16N2S. The summed E-state index contributed by atoms with van der Waals surface area (Å²) >= 11 is 1.79. The Labute approximate surface area is 95.2 Å². The van der Waals surface area contributed by atoms with Gasteiger partial charge in [0.2, 0.25) is 0 Å². The minimum atomic E-state index is 0.448. The van der Waals surface area contributed by atoms with Crippen molar-refractivity contribution in [3.05, 3.63) is 29.3 Å². The Morgan fingerprint density at radius 2 is 2.13 bits per heavy atom. The van der Waals surface area contributed by atoms with Crippen molar-refractivity contribution in [1.82, 2.24) is 0 Å². The maximum Gasteiger partial charge on any atom is 0.161 e. The normalized spacial score (nSPS) is 20.2. The molecule has 0 amide bonds. The van der Waals surface area contributed by atoms with Gasteiger partial charge in [0.15, 0.2) is 5.17 Å². The summed E-state index contributed by atoms with van der Waals surface area (Å²) in [6.45, 7) is 6.40. The fourth-order valence-corrected chi connectivity index (χ4v) is 2.40. The molecule has 3 heteroatoms. The van der Waals surface area contributed by atoms with Crippen LogP contribution in [-0.4, -0.2) is 17.0 Å². The molecule has 1 aliphatic heterocycles. The highest BCUT2D eigenvalue weighted by Gasteiger charge is 2.13. The van der Waals surface area contributed by atoms with Crippen molar-refractivity contribution in [1.29, 1.82) is 0 Å². The lowest BCUT2D eigenvalue weighted by atomic mass is 10.1. The van der Waals surface area contributed by atoms with Gasteiger partial charge >= 0.3 is 0 Å². The summed E-state index contributed by atoms with van der Waals surface area (Å²) in [6.07, 6.45) is 0. The summed E-state index contributed by atoms with van der Waals surface area (Å²) < 4.78 is 0. The number of thioether (sulfide) groups is 1.